The van der Waals surface area contributed by atoms with Crippen LogP contribution >= 0.6 is 0 Å². The molecule has 1 aromatic carbocycles. The van der Waals surface area contributed by atoms with Gasteiger partial charge in [-0.1, -0.05) is 12.1 Å². The Kier molecular flexibility index (Phi) is 2.82. The lowest BCUT2D eigenvalue weighted by Crippen LogP contribution is -2.23. The molecule has 1 atom stereocenters. The molecule has 1 saturated heterocycles. The van der Waals surface area contributed by atoms with Crippen LogP contribution in [-0.2, 0) is 6.54 Å². The predicted molar refractivity (Wildman–Crippen MR) is 68.5 cm³/mol. The average molecular weight is 230 g/mol. The van der Waals surface area contributed by atoms with Crippen molar-refractivity contribution in [2.24, 2.45) is 11.7 Å². The molecule has 2 heterocycles. The molecule has 0 aliphatic carbocycles. The van der Waals surface area contributed by atoms with E-state index in [0.717, 1.165) is 43.0 Å². The lowest BCUT2D eigenvalue weighted by atomic mass is 10.1. The number of imidazole rings is 1. The summed E-state index contributed by atoms with van der Waals surface area (Å²) in [6.45, 7) is 3.95. The molecule has 0 bridgehead atoms. The first-order chi connectivity index (χ1) is 8.35. The number of nitrogens with zero attached hydrogens (tertiary/aromatic N) is 2. The molecule has 0 radical (unpaired) electrons. The van der Waals surface area contributed by atoms with Crippen molar-refractivity contribution in [1.82, 2.24) is 14.9 Å². The number of hydrogen-bond acceptors (Lipinski definition) is 3. The molecule has 1 aliphatic rings. The van der Waals surface area contributed by atoms with Crippen LogP contribution in [0.5, 0.6) is 0 Å². The molecule has 0 amide bonds. The molecule has 3 rings (SSSR count). The van der Waals surface area contributed by atoms with E-state index in [1.807, 2.05) is 18.2 Å². The van der Waals surface area contributed by atoms with Gasteiger partial charge in [0.1, 0.15) is 5.82 Å². The number of aromatic amines is 1. The van der Waals surface area contributed by atoms with Crippen LogP contribution in [0.15, 0.2) is 24.3 Å². The van der Waals surface area contributed by atoms with Gasteiger partial charge in [0.2, 0.25) is 0 Å². The van der Waals surface area contributed by atoms with Crippen LogP contribution in [0.2, 0.25) is 0 Å². The number of rotatable bonds is 3. The number of aromatic nitrogens is 2. The highest BCUT2D eigenvalue weighted by Gasteiger charge is 2.21. The van der Waals surface area contributed by atoms with Gasteiger partial charge in [0.15, 0.2) is 0 Å². The fourth-order valence-electron chi connectivity index (χ4n) is 2.54. The SMILES string of the molecule is NC[C@@H]1CCN(Cc2nc3ccccc3[nH]2)C1. The molecule has 0 saturated carbocycles. The summed E-state index contributed by atoms with van der Waals surface area (Å²) in [7, 11) is 0. The zero-order chi connectivity index (χ0) is 11.7. The Morgan fingerprint density at radius 2 is 2.29 bits per heavy atom. The lowest BCUT2D eigenvalue weighted by molar-refractivity contribution is 0.311. The van der Waals surface area contributed by atoms with Crippen LogP contribution < -0.4 is 5.73 Å². The molecule has 1 aromatic heterocycles. The van der Waals surface area contributed by atoms with Gasteiger partial charge >= 0.3 is 0 Å². The second kappa shape index (κ2) is 4.47. The van der Waals surface area contributed by atoms with Crippen molar-refractivity contribution in [3.05, 3.63) is 30.1 Å². The van der Waals surface area contributed by atoms with Gasteiger partial charge in [0.05, 0.1) is 17.6 Å². The number of likely N-dealkylation sites (tertiary alicyclic amines) is 1. The van der Waals surface area contributed by atoms with Crippen LogP contribution in [0.3, 0.4) is 0 Å². The van der Waals surface area contributed by atoms with Gasteiger partial charge < -0.3 is 10.7 Å². The van der Waals surface area contributed by atoms with Gasteiger partial charge in [-0.05, 0) is 37.6 Å². The topological polar surface area (TPSA) is 57.9 Å². The highest BCUT2D eigenvalue weighted by atomic mass is 15.2. The van der Waals surface area contributed by atoms with Crippen LogP contribution in [0.4, 0.5) is 0 Å². The highest BCUT2D eigenvalue weighted by Crippen LogP contribution is 2.18. The molecular weight excluding hydrogens is 212 g/mol. The fourth-order valence-corrected chi connectivity index (χ4v) is 2.54. The predicted octanol–water partition coefficient (Wildman–Crippen LogP) is 1.34. The largest absolute Gasteiger partial charge is 0.341 e. The van der Waals surface area contributed by atoms with Crippen LogP contribution in [0, 0.1) is 5.92 Å². The molecule has 90 valence electrons. The summed E-state index contributed by atoms with van der Waals surface area (Å²) < 4.78 is 0. The van der Waals surface area contributed by atoms with Crippen LogP contribution in [0.25, 0.3) is 11.0 Å². The molecule has 1 aliphatic heterocycles. The normalized spacial score (nSPS) is 21.4. The maximum Gasteiger partial charge on any atom is 0.121 e. The number of para-hydroxylation sites is 2. The van der Waals surface area contributed by atoms with E-state index in [2.05, 4.69) is 20.9 Å². The Balaban J connectivity index is 1.73. The second-order valence-corrected chi connectivity index (χ2v) is 4.83. The highest BCUT2D eigenvalue weighted by molar-refractivity contribution is 5.74. The number of fused-ring (bicyclic) bond motifs is 1. The van der Waals surface area contributed by atoms with Gasteiger partial charge in [-0.3, -0.25) is 4.90 Å². The van der Waals surface area contributed by atoms with Crippen LogP contribution in [0.1, 0.15) is 12.2 Å². The van der Waals surface area contributed by atoms with Crippen molar-refractivity contribution in [2.45, 2.75) is 13.0 Å². The number of nitrogens with one attached hydrogen (secondary N) is 1. The molecule has 0 spiro atoms. The van der Waals surface area contributed by atoms with Crippen molar-refractivity contribution in [3.8, 4) is 0 Å². The maximum absolute atomic E-state index is 5.70. The van der Waals surface area contributed by atoms with E-state index in [0.29, 0.717) is 5.92 Å². The van der Waals surface area contributed by atoms with Crippen molar-refractivity contribution in [1.29, 1.82) is 0 Å². The van der Waals surface area contributed by atoms with E-state index in [-0.39, 0.29) is 0 Å². The summed E-state index contributed by atoms with van der Waals surface area (Å²) in [6.07, 6.45) is 1.22. The molecule has 1 fully saturated rings. The summed E-state index contributed by atoms with van der Waals surface area (Å²) in [5.74, 6) is 1.73. The third kappa shape index (κ3) is 2.18. The zero-order valence-electron chi connectivity index (χ0n) is 9.89. The monoisotopic (exact) mass is 230 g/mol. The third-order valence-corrected chi connectivity index (χ3v) is 3.52. The first-order valence-corrected chi connectivity index (χ1v) is 6.21. The lowest BCUT2D eigenvalue weighted by Gasteiger charge is -2.13. The van der Waals surface area contributed by atoms with E-state index in [4.69, 9.17) is 5.73 Å². The van der Waals surface area contributed by atoms with E-state index in [9.17, 15) is 0 Å². The molecule has 4 nitrogen and oxygen atoms in total. The summed E-state index contributed by atoms with van der Waals surface area (Å²) in [4.78, 5) is 10.4. The van der Waals surface area contributed by atoms with Gasteiger partial charge in [-0.25, -0.2) is 4.98 Å². The first-order valence-electron chi connectivity index (χ1n) is 6.21. The van der Waals surface area contributed by atoms with Crippen molar-refractivity contribution >= 4 is 11.0 Å². The Hall–Kier alpha value is -1.39. The summed E-state index contributed by atoms with van der Waals surface area (Å²) in [5, 5.41) is 0. The zero-order valence-corrected chi connectivity index (χ0v) is 9.89. The quantitative estimate of drug-likeness (QED) is 0.836. The van der Waals surface area contributed by atoms with Crippen LogP contribution in [-0.4, -0.2) is 34.5 Å². The number of benzene rings is 1. The van der Waals surface area contributed by atoms with Crippen molar-refractivity contribution in [2.75, 3.05) is 19.6 Å². The molecule has 4 heteroatoms. The average Bonchev–Trinajstić information content (AvgIpc) is 2.94. The maximum atomic E-state index is 5.70. The second-order valence-electron chi connectivity index (χ2n) is 4.83. The molecule has 2 aromatic rings. The van der Waals surface area contributed by atoms with Gasteiger partial charge in [0, 0.05) is 6.54 Å². The standard InChI is InChI=1S/C13H18N4/c14-7-10-5-6-17(8-10)9-13-15-11-3-1-2-4-12(11)16-13/h1-4,10H,5-9,14H2,(H,15,16)/t10-/m0/s1. The van der Waals surface area contributed by atoms with E-state index < -0.39 is 0 Å². The van der Waals surface area contributed by atoms with E-state index in [1.54, 1.807) is 0 Å². The van der Waals surface area contributed by atoms with Crippen molar-refractivity contribution < 1.29 is 0 Å². The number of nitrogens with two attached hydrogens (primary N) is 1. The van der Waals surface area contributed by atoms with Gasteiger partial charge in [-0.15, -0.1) is 0 Å². The number of hydrogen-bond donors (Lipinski definition) is 2. The fraction of sp³-hybridized carbons (Fsp3) is 0.462. The minimum absolute atomic E-state index is 0.666. The Morgan fingerprint density at radius 1 is 1.41 bits per heavy atom. The van der Waals surface area contributed by atoms with E-state index >= 15 is 0 Å². The Morgan fingerprint density at radius 3 is 3.06 bits per heavy atom. The third-order valence-electron chi connectivity index (χ3n) is 3.52. The van der Waals surface area contributed by atoms with E-state index in [1.165, 1.54) is 6.42 Å². The smallest absolute Gasteiger partial charge is 0.121 e. The first kappa shape index (κ1) is 10.7. The van der Waals surface area contributed by atoms with Gasteiger partial charge in [-0.2, -0.15) is 0 Å². The Bertz CT molecular complexity index is 472. The summed E-state index contributed by atoms with van der Waals surface area (Å²) >= 11 is 0. The summed E-state index contributed by atoms with van der Waals surface area (Å²) in [6, 6.07) is 8.17. The molecule has 3 N–H and O–H groups in total. The minimum Gasteiger partial charge on any atom is -0.341 e. The summed E-state index contributed by atoms with van der Waals surface area (Å²) in [5.41, 5.74) is 7.88. The van der Waals surface area contributed by atoms with Crippen molar-refractivity contribution in [3.63, 3.8) is 0 Å². The number of H-pyrrole nitrogens is 1. The van der Waals surface area contributed by atoms with Gasteiger partial charge in [0.25, 0.3) is 0 Å². The minimum atomic E-state index is 0.666. The molecular formula is C13H18N4. The Labute approximate surface area is 101 Å². The molecule has 17 heavy (non-hydrogen) atoms. The molecule has 0 unspecified atom stereocenters.